The molecule has 31 heavy (non-hydrogen) atoms. The molecule has 3 N–H and O–H groups in total. The van der Waals surface area contributed by atoms with Gasteiger partial charge in [-0.3, -0.25) is 5.32 Å². The summed E-state index contributed by atoms with van der Waals surface area (Å²) in [6, 6.07) is 18.7. The van der Waals surface area contributed by atoms with Crippen molar-refractivity contribution in [3.05, 3.63) is 76.7 Å². The Morgan fingerprint density at radius 3 is 2.55 bits per heavy atom. The molecule has 1 heterocycles. The van der Waals surface area contributed by atoms with Gasteiger partial charge in [-0.1, -0.05) is 36.4 Å². The van der Waals surface area contributed by atoms with Crippen LogP contribution in [0.3, 0.4) is 0 Å². The average Bonchev–Trinajstić information content (AvgIpc) is 3.20. The van der Waals surface area contributed by atoms with Gasteiger partial charge in [0.05, 0.1) is 0 Å². The lowest BCUT2D eigenvalue weighted by Gasteiger charge is -2.35. The molecule has 0 aliphatic rings. The molecule has 1 atom stereocenters. The number of ether oxygens (including phenoxy) is 1. The molecule has 0 aliphatic carbocycles. The van der Waals surface area contributed by atoms with Crippen molar-refractivity contribution in [1.82, 2.24) is 5.32 Å². The van der Waals surface area contributed by atoms with Crippen LogP contribution in [-0.4, -0.2) is 29.2 Å². The lowest BCUT2D eigenvalue weighted by molar-refractivity contribution is -0.135. The monoisotopic (exact) mass is 436 g/mol. The fourth-order valence-corrected chi connectivity index (χ4v) is 4.22. The number of hydrogen-bond acceptors (Lipinski definition) is 6. The van der Waals surface area contributed by atoms with Crippen LogP contribution in [0.15, 0.2) is 66.2 Å². The summed E-state index contributed by atoms with van der Waals surface area (Å²) >= 11 is 1.36. The summed E-state index contributed by atoms with van der Waals surface area (Å²) < 4.78 is 7.35. The minimum absolute atomic E-state index is 0.0412. The number of nitriles is 1. The SMILES string of the molecule is CNC(CC/C(=C\C(=O)O)C(=O)O)(Oc1cccc2sc(C#N)cc12)c1ccccc1. The molecular weight excluding hydrogens is 416 g/mol. The van der Waals surface area contributed by atoms with Crippen LogP contribution >= 0.6 is 11.3 Å². The van der Waals surface area contributed by atoms with Crippen molar-refractivity contribution >= 4 is 33.4 Å². The Balaban J connectivity index is 2.05. The second-order valence-corrected chi connectivity index (χ2v) is 7.83. The number of aliphatic carboxylic acids is 2. The van der Waals surface area contributed by atoms with E-state index in [0.29, 0.717) is 16.7 Å². The molecule has 1 unspecified atom stereocenters. The van der Waals surface area contributed by atoms with Gasteiger partial charge < -0.3 is 14.9 Å². The van der Waals surface area contributed by atoms with Crippen LogP contribution in [0.2, 0.25) is 0 Å². The molecule has 0 spiro atoms. The minimum atomic E-state index is -1.32. The molecule has 0 saturated carbocycles. The third-order valence-electron chi connectivity index (χ3n) is 4.88. The summed E-state index contributed by atoms with van der Waals surface area (Å²) in [7, 11) is 1.70. The van der Waals surface area contributed by atoms with Crippen molar-refractivity contribution in [3.63, 3.8) is 0 Å². The lowest BCUT2D eigenvalue weighted by Crippen LogP contribution is -2.45. The summed E-state index contributed by atoms with van der Waals surface area (Å²) in [6.45, 7) is 0. The number of hydrogen-bond donors (Lipinski definition) is 3. The van der Waals surface area contributed by atoms with E-state index in [0.717, 1.165) is 15.6 Å². The van der Waals surface area contributed by atoms with E-state index in [1.54, 1.807) is 19.2 Å². The lowest BCUT2D eigenvalue weighted by atomic mass is 9.94. The van der Waals surface area contributed by atoms with Gasteiger partial charge in [0, 0.05) is 33.7 Å². The third-order valence-corrected chi connectivity index (χ3v) is 5.88. The Hall–Kier alpha value is -3.67. The Bertz CT molecular complexity index is 1180. The van der Waals surface area contributed by atoms with Crippen LogP contribution in [0.1, 0.15) is 23.3 Å². The van der Waals surface area contributed by atoms with Gasteiger partial charge in [0.15, 0.2) is 5.72 Å². The highest BCUT2D eigenvalue weighted by Gasteiger charge is 2.34. The number of thiophene rings is 1. The molecule has 0 fully saturated rings. The van der Waals surface area contributed by atoms with E-state index in [-0.39, 0.29) is 18.4 Å². The Kier molecular flexibility index (Phi) is 6.70. The number of carboxylic acids is 2. The number of rotatable bonds is 9. The maximum absolute atomic E-state index is 11.5. The smallest absolute Gasteiger partial charge is 0.331 e. The zero-order valence-corrected chi connectivity index (χ0v) is 17.5. The first-order valence-corrected chi connectivity index (χ1v) is 10.2. The van der Waals surface area contributed by atoms with Gasteiger partial charge in [-0.2, -0.15) is 5.26 Å². The highest BCUT2D eigenvalue weighted by Crippen LogP contribution is 2.38. The van der Waals surface area contributed by atoms with E-state index in [4.69, 9.17) is 9.84 Å². The van der Waals surface area contributed by atoms with Gasteiger partial charge in [-0.15, -0.1) is 11.3 Å². The van der Waals surface area contributed by atoms with Crippen molar-refractivity contribution in [2.24, 2.45) is 0 Å². The summed E-state index contributed by atoms with van der Waals surface area (Å²) in [5, 5.41) is 31.6. The highest BCUT2D eigenvalue weighted by molar-refractivity contribution is 7.19. The molecule has 3 aromatic rings. The molecular formula is C23H20N2O5S. The third kappa shape index (κ3) is 4.91. The van der Waals surface area contributed by atoms with Crippen LogP contribution in [0, 0.1) is 11.3 Å². The number of fused-ring (bicyclic) bond motifs is 1. The van der Waals surface area contributed by atoms with Crippen molar-refractivity contribution in [1.29, 1.82) is 5.26 Å². The van der Waals surface area contributed by atoms with Gasteiger partial charge >= 0.3 is 11.9 Å². The van der Waals surface area contributed by atoms with E-state index >= 15 is 0 Å². The van der Waals surface area contributed by atoms with Crippen molar-refractivity contribution in [2.45, 2.75) is 18.6 Å². The molecule has 0 amide bonds. The predicted molar refractivity (Wildman–Crippen MR) is 117 cm³/mol. The molecule has 0 radical (unpaired) electrons. The Morgan fingerprint density at radius 1 is 1.19 bits per heavy atom. The summed E-state index contributed by atoms with van der Waals surface area (Å²) in [5.41, 5.74) is -0.602. The molecule has 7 nitrogen and oxygen atoms in total. The Morgan fingerprint density at radius 2 is 1.94 bits per heavy atom. The van der Waals surface area contributed by atoms with Crippen molar-refractivity contribution in [3.8, 4) is 11.8 Å². The first kappa shape index (κ1) is 22.0. The zero-order chi connectivity index (χ0) is 22.4. The van der Waals surface area contributed by atoms with Gasteiger partial charge in [-0.25, -0.2) is 9.59 Å². The topological polar surface area (TPSA) is 120 Å². The second kappa shape index (κ2) is 9.43. The minimum Gasteiger partial charge on any atom is -0.478 e. The van der Waals surface area contributed by atoms with Gasteiger partial charge in [-0.05, 0) is 31.7 Å². The van der Waals surface area contributed by atoms with Crippen LogP contribution in [0.4, 0.5) is 0 Å². The molecule has 158 valence electrons. The summed E-state index contributed by atoms with van der Waals surface area (Å²) in [4.78, 5) is 23.1. The second-order valence-electron chi connectivity index (χ2n) is 6.75. The molecule has 3 rings (SSSR count). The van der Waals surface area contributed by atoms with E-state index < -0.39 is 17.7 Å². The number of benzene rings is 2. The normalized spacial score (nSPS) is 13.4. The van der Waals surface area contributed by atoms with E-state index in [1.807, 2.05) is 42.5 Å². The van der Waals surface area contributed by atoms with Crippen LogP contribution < -0.4 is 10.1 Å². The standard InChI is InChI=1S/C23H20N2O5S/c1-25-23(16-6-3-2-4-7-16,11-10-15(22(28)29)12-21(26)27)30-19-8-5-9-20-18(19)13-17(14-24)31-20/h2-9,12-13,25H,10-11H2,1H3,(H,26,27)(H,28,29)/b15-12+. The molecule has 1 aromatic heterocycles. The number of nitrogens with zero attached hydrogens (tertiary/aromatic N) is 1. The van der Waals surface area contributed by atoms with Crippen LogP contribution in [0.5, 0.6) is 5.75 Å². The zero-order valence-electron chi connectivity index (χ0n) is 16.7. The maximum atomic E-state index is 11.5. The number of nitrogens with one attached hydrogen (secondary N) is 1. The van der Waals surface area contributed by atoms with Crippen LogP contribution in [-0.2, 0) is 15.3 Å². The maximum Gasteiger partial charge on any atom is 0.331 e. The fourth-order valence-electron chi connectivity index (χ4n) is 3.35. The van der Waals surface area contributed by atoms with Gasteiger partial charge in [0.2, 0.25) is 0 Å². The fraction of sp³-hybridized carbons (Fsp3) is 0.174. The first-order chi connectivity index (χ1) is 14.9. The predicted octanol–water partition coefficient (Wildman–Crippen LogP) is 4.10. The van der Waals surface area contributed by atoms with E-state index in [9.17, 15) is 20.0 Å². The van der Waals surface area contributed by atoms with Crippen LogP contribution in [0.25, 0.3) is 10.1 Å². The molecule has 2 aromatic carbocycles. The van der Waals surface area contributed by atoms with Gasteiger partial charge in [0.1, 0.15) is 16.7 Å². The number of carboxylic acid groups (broad SMARTS) is 2. The van der Waals surface area contributed by atoms with Crippen molar-refractivity contribution in [2.75, 3.05) is 7.05 Å². The summed E-state index contributed by atoms with van der Waals surface area (Å²) in [5.74, 6) is -2.08. The first-order valence-electron chi connectivity index (χ1n) is 9.41. The van der Waals surface area contributed by atoms with Crippen molar-refractivity contribution < 1.29 is 24.5 Å². The molecule has 0 bridgehead atoms. The van der Waals surface area contributed by atoms with E-state index in [2.05, 4.69) is 11.4 Å². The molecule has 0 aliphatic heterocycles. The summed E-state index contributed by atoms with van der Waals surface area (Å²) in [6.07, 6.45) is 0.817. The molecule has 8 heteroatoms. The highest BCUT2D eigenvalue weighted by atomic mass is 32.1. The number of carbonyl (C=O) groups is 2. The quantitative estimate of drug-likeness (QED) is 0.341. The van der Waals surface area contributed by atoms with E-state index in [1.165, 1.54) is 11.3 Å². The molecule has 0 saturated heterocycles. The average molecular weight is 436 g/mol. The Labute approximate surface area is 182 Å². The van der Waals surface area contributed by atoms with Gasteiger partial charge in [0.25, 0.3) is 0 Å². The largest absolute Gasteiger partial charge is 0.478 e.